The van der Waals surface area contributed by atoms with Gasteiger partial charge in [-0.25, -0.2) is 18.4 Å². The van der Waals surface area contributed by atoms with Gasteiger partial charge in [-0.3, -0.25) is 0 Å². The number of hydrogen-bond donors (Lipinski definition) is 0. The maximum Gasteiger partial charge on any atom is 0.192 e. The van der Waals surface area contributed by atoms with Gasteiger partial charge >= 0.3 is 0 Å². The van der Waals surface area contributed by atoms with Gasteiger partial charge in [-0.05, 0) is 50.2 Å². The van der Waals surface area contributed by atoms with Crippen molar-refractivity contribution in [3.05, 3.63) is 57.4 Å². The first kappa shape index (κ1) is 20.4. The van der Waals surface area contributed by atoms with Gasteiger partial charge in [-0.2, -0.15) is 10.4 Å². The Hall–Kier alpha value is -2.83. The van der Waals surface area contributed by atoms with Gasteiger partial charge in [-0.1, -0.05) is 27.3 Å². The number of rotatable bonds is 5. The van der Waals surface area contributed by atoms with E-state index in [2.05, 4.69) is 32.1 Å². The van der Waals surface area contributed by atoms with Crippen LogP contribution in [0.4, 0.5) is 19.7 Å². The van der Waals surface area contributed by atoms with Crippen LogP contribution >= 0.6 is 27.3 Å². The third-order valence-electron chi connectivity index (χ3n) is 4.67. The van der Waals surface area contributed by atoms with Crippen LogP contribution in [0.15, 0.2) is 40.9 Å². The van der Waals surface area contributed by atoms with Gasteiger partial charge in [-0.15, -0.1) is 0 Å². The second kappa shape index (κ2) is 8.13. The van der Waals surface area contributed by atoms with Gasteiger partial charge in [0.1, 0.15) is 33.8 Å². The van der Waals surface area contributed by atoms with Crippen LogP contribution in [0.1, 0.15) is 18.7 Å². The smallest absolute Gasteiger partial charge is 0.192 e. The molecule has 0 aliphatic heterocycles. The van der Waals surface area contributed by atoms with Crippen molar-refractivity contribution < 1.29 is 8.78 Å². The molecule has 4 rings (SSSR count). The van der Waals surface area contributed by atoms with Crippen molar-refractivity contribution in [2.24, 2.45) is 0 Å². The number of aryl methyl sites for hydroxylation is 1. The highest BCUT2D eigenvalue weighted by atomic mass is 79.9. The highest BCUT2D eigenvalue weighted by Gasteiger charge is 2.24. The number of fused-ring (bicyclic) bond motifs is 1. The van der Waals surface area contributed by atoms with Crippen LogP contribution in [0.3, 0.4) is 0 Å². The van der Waals surface area contributed by atoms with Gasteiger partial charge in [0.2, 0.25) is 0 Å². The monoisotopic (exact) mass is 487 g/mol. The topological polar surface area (TPSA) is 57.7 Å². The van der Waals surface area contributed by atoms with E-state index in [9.17, 15) is 14.0 Å². The zero-order valence-corrected chi connectivity index (χ0v) is 18.6. The molecule has 5 nitrogen and oxygen atoms in total. The lowest BCUT2D eigenvalue weighted by atomic mass is 10.1. The number of thiazole rings is 1. The predicted octanol–water partition coefficient (Wildman–Crippen LogP) is 6.25. The molecule has 9 heteroatoms. The molecular weight excluding hydrogens is 472 g/mol. The molecule has 0 saturated carbocycles. The molecule has 0 aliphatic carbocycles. The van der Waals surface area contributed by atoms with Gasteiger partial charge in [0.25, 0.3) is 0 Å². The fraction of sp³-hybridized carbons (Fsp3) is 0.190. The van der Waals surface area contributed by atoms with E-state index >= 15 is 0 Å². The molecule has 0 N–H and O–H groups in total. The maximum absolute atomic E-state index is 14.5. The van der Waals surface area contributed by atoms with Crippen molar-refractivity contribution in [2.45, 2.75) is 20.4 Å². The highest BCUT2D eigenvalue weighted by Crippen LogP contribution is 2.39. The lowest BCUT2D eigenvalue weighted by Crippen LogP contribution is -2.20. The molecule has 0 saturated heterocycles. The molecule has 0 fully saturated rings. The first-order valence-electron chi connectivity index (χ1n) is 9.26. The van der Waals surface area contributed by atoms with Gasteiger partial charge in [0, 0.05) is 28.5 Å². The Morgan fingerprint density at radius 3 is 2.57 bits per heavy atom. The minimum absolute atomic E-state index is 0.282. The Kier molecular flexibility index (Phi) is 5.54. The molecule has 0 radical (unpaired) electrons. The quantitative estimate of drug-likeness (QED) is 0.333. The summed E-state index contributed by atoms with van der Waals surface area (Å²) in [6.45, 7) is 4.97. The van der Waals surface area contributed by atoms with E-state index in [1.54, 1.807) is 16.8 Å². The average Bonchev–Trinajstić information content (AvgIpc) is 3.32. The van der Waals surface area contributed by atoms with Gasteiger partial charge in [0.15, 0.2) is 10.9 Å². The van der Waals surface area contributed by atoms with Gasteiger partial charge < -0.3 is 4.90 Å². The summed E-state index contributed by atoms with van der Waals surface area (Å²) >= 11 is 4.60. The van der Waals surface area contributed by atoms with E-state index in [1.165, 1.54) is 29.5 Å². The Morgan fingerprint density at radius 2 is 1.93 bits per heavy atom. The lowest BCUT2D eigenvalue weighted by Gasteiger charge is -2.21. The van der Waals surface area contributed by atoms with Crippen molar-refractivity contribution in [3.63, 3.8) is 0 Å². The largest absolute Gasteiger partial charge is 0.302 e. The fourth-order valence-electron chi connectivity index (χ4n) is 3.33. The van der Waals surface area contributed by atoms with E-state index < -0.39 is 5.82 Å². The lowest BCUT2D eigenvalue weighted by molar-refractivity contribution is 0.621. The van der Waals surface area contributed by atoms with Crippen LogP contribution in [0.2, 0.25) is 0 Å². The van der Waals surface area contributed by atoms with Crippen LogP contribution < -0.4 is 4.90 Å². The number of aromatic nitrogens is 3. The predicted molar refractivity (Wildman–Crippen MR) is 118 cm³/mol. The summed E-state index contributed by atoms with van der Waals surface area (Å²) in [5.41, 5.74) is 1.44. The number of benzene rings is 2. The van der Waals surface area contributed by atoms with Crippen molar-refractivity contribution in [1.82, 2.24) is 14.8 Å². The molecule has 0 unspecified atom stereocenters. The minimum Gasteiger partial charge on any atom is -0.302 e. The van der Waals surface area contributed by atoms with Crippen LogP contribution in [0.5, 0.6) is 0 Å². The molecule has 2 aromatic carbocycles. The van der Waals surface area contributed by atoms with Crippen LogP contribution in [-0.4, -0.2) is 21.3 Å². The zero-order valence-electron chi connectivity index (χ0n) is 16.2. The zero-order chi connectivity index (χ0) is 21.4. The summed E-state index contributed by atoms with van der Waals surface area (Å²) in [5, 5.41) is 15.3. The summed E-state index contributed by atoms with van der Waals surface area (Å²) in [5.74, 6) is -0.0550. The highest BCUT2D eigenvalue weighted by molar-refractivity contribution is 9.10. The molecule has 2 heterocycles. The van der Waals surface area contributed by atoms with Crippen LogP contribution in [-0.2, 0) is 6.54 Å². The Bertz CT molecular complexity index is 1270. The summed E-state index contributed by atoms with van der Waals surface area (Å²) in [6, 6.07) is 11.3. The molecule has 0 bridgehead atoms. The molecule has 0 spiro atoms. The van der Waals surface area contributed by atoms with Crippen molar-refractivity contribution in [2.75, 3.05) is 11.4 Å². The SMILES string of the molecule is CCN(c1nc(-c2ccc(F)cc2)c(C#N)s1)c1c2cc(Br)cc(F)c2nn1CC. The number of anilines is 2. The van der Waals surface area contributed by atoms with Crippen molar-refractivity contribution in [1.29, 1.82) is 5.26 Å². The number of nitrogens with zero attached hydrogens (tertiary/aromatic N) is 5. The Morgan fingerprint density at radius 1 is 1.20 bits per heavy atom. The second-order valence-electron chi connectivity index (χ2n) is 6.46. The van der Waals surface area contributed by atoms with E-state index in [0.717, 1.165) is 0 Å². The van der Waals surface area contributed by atoms with Crippen LogP contribution in [0, 0.1) is 23.0 Å². The van der Waals surface area contributed by atoms with E-state index in [4.69, 9.17) is 0 Å². The number of halogens is 3. The third-order valence-corrected chi connectivity index (χ3v) is 6.11. The van der Waals surface area contributed by atoms with Crippen LogP contribution in [0.25, 0.3) is 22.2 Å². The number of nitriles is 1. The Labute approximate surface area is 184 Å². The normalized spacial score (nSPS) is 11.1. The van der Waals surface area contributed by atoms with E-state index in [1.807, 2.05) is 24.8 Å². The standard InChI is InChI=1S/C21H16BrF2N5S/c1-3-28(20-15-9-13(22)10-16(24)19(15)27-29(20)4-2)21-26-18(17(11-25)30-21)12-5-7-14(23)8-6-12/h5-10H,3-4H2,1-2H3. The summed E-state index contributed by atoms with van der Waals surface area (Å²) in [6.07, 6.45) is 0. The molecular formula is C21H16BrF2N5S. The van der Waals surface area contributed by atoms with Gasteiger partial charge in [0.05, 0.1) is 0 Å². The first-order valence-corrected chi connectivity index (χ1v) is 10.9. The molecule has 30 heavy (non-hydrogen) atoms. The van der Waals surface area contributed by atoms with E-state index in [0.29, 0.717) is 50.0 Å². The molecule has 0 aliphatic rings. The van der Waals surface area contributed by atoms with Crippen molar-refractivity contribution >= 4 is 49.1 Å². The molecule has 0 atom stereocenters. The Balaban J connectivity index is 1.90. The molecule has 4 aromatic rings. The average molecular weight is 488 g/mol. The second-order valence-corrected chi connectivity index (χ2v) is 8.35. The third kappa shape index (κ3) is 3.46. The van der Waals surface area contributed by atoms with E-state index in [-0.39, 0.29) is 11.3 Å². The molecule has 0 amide bonds. The summed E-state index contributed by atoms with van der Waals surface area (Å²) < 4.78 is 30.2. The number of hydrogen-bond acceptors (Lipinski definition) is 5. The summed E-state index contributed by atoms with van der Waals surface area (Å²) in [4.78, 5) is 7.03. The summed E-state index contributed by atoms with van der Waals surface area (Å²) in [7, 11) is 0. The first-order chi connectivity index (χ1) is 14.5. The van der Waals surface area contributed by atoms with Crippen molar-refractivity contribution in [3.8, 4) is 17.3 Å². The fourth-order valence-corrected chi connectivity index (χ4v) is 4.71. The molecule has 152 valence electrons. The molecule has 2 aromatic heterocycles. The minimum atomic E-state index is -0.410. The maximum atomic E-state index is 14.5.